The highest BCUT2D eigenvalue weighted by atomic mass is 16.2. The minimum absolute atomic E-state index is 0.0189. The molecule has 1 heterocycles. The van der Waals surface area contributed by atoms with Gasteiger partial charge in [0.2, 0.25) is 11.8 Å². The molecule has 5 heteroatoms. The third-order valence-corrected chi connectivity index (χ3v) is 2.88. The van der Waals surface area contributed by atoms with Gasteiger partial charge in [0, 0.05) is 44.6 Å². The molecule has 1 fully saturated rings. The molecule has 0 atom stereocenters. The molecule has 0 aromatic rings. The van der Waals surface area contributed by atoms with Crippen LogP contribution in [0.3, 0.4) is 0 Å². The Morgan fingerprint density at radius 1 is 1.33 bits per heavy atom. The summed E-state index contributed by atoms with van der Waals surface area (Å²) >= 11 is 0. The van der Waals surface area contributed by atoms with E-state index in [9.17, 15) is 9.59 Å². The number of carbonyl (C=O) groups excluding carboxylic acids is 2. The Balaban J connectivity index is 2.05. The summed E-state index contributed by atoms with van der Waals surface area (Å²) in [6.07, 6.45) is 1.97. The van der Waals surface area contributed by atoms with Crippen LogP contribution in [0, 0.1) is 0 Å². The van der Waals surface area contributed by atoms with E-state index in [1.807, 2.05) is 0 Å². The fourth-order valence-corrected chi connectivity index (χ4v) is 1.90. The molecule has 1 saturated heterocycles. The number of nitrogens with one attached hydrogen (secondary N) is 2. The summed E-state index contributed by atoms with van der Waals surface area (Å²) < 4.78 is 0. The highest BCUT2D eigenvalue weighted by Gasteiger charge is 2.20. The molecule has 0 aromatic heterocycles. The normalized spacial score (nSPS) is 16.2. The van der Waals surface area contributed by atoms with E-state index < -0.39 is 0 Å². The monoisotopic (exact) mass is 255 g/mol. The van der Waals surface area contributed by atoms with Gasteiger partial charge in [0.15, 0.2) is 0 Å². The van der Waals surface area contributed by atoms with Gasteiger partial charge in [-0.1, -0.05) is 0 Å². The lowest BCUT2D eigenvalue weighted by atomic mass is 10.1. The van der Waals surface area contributed by atoms with Crippen LogP contribution in [0.1, 0.15) is 40.0 Å². The quantitative estimate of drug-likeness (QED) is 0.680. The lowest BCUT2D eigenvalue weighted by molar-refractivity contribution is -0.128. The second-order valence-corrected chi connectivity index (χ2v) is 5.76. The molecule has 2 amide bonds. The average molecular weight is 255 g/mol. The van der Waals surface area contributed by atoms with Crippen LogP contribution in [0.2, 0.25) is 0 Å². The van der Waals surface area contributed by atoms with Crippen molar-refractivity contribution in [2.24, 2.45) is 0 Å². The first kappa shape index (κ1) is 15.0. The highest BCUT2D eigenvalue weighted by molar-refractivity contribution is 5.80. The largest absolute Gasteiger partial charge is 0.355 e. The second kappa shape index (κ2) is 6.73. The van der Waals surface area contributed by atoms with E-state index in [0.717, 1.165) is 19.5 Å². The van der Waals surface area contributed by atoms with Crippen molar-refractivity contribution in [3.8, 4) is 0 Å². The van der Waals surface area contributed by atoms with Crippen molar-refractivity contribution < 1.29 is 9.59 Å². The maximum Gasteiger partial charge on any atom is 0.222 e. The van der Waals surface area contributed by atoms with Crippen molar-refractivity contribution in [1.29, 1.82) is 0 Å². The Morgan fingerprint density at radius 3 is 2.61 bits per heavy atom. The summed E-state index contributed by atoms with van der Waals surface area (Å²) in [6.45, 7) is 9.02. The van der Waals surface area contributed by atoms with Crippen molar-refractivity contribution in [3.63, 3.8) is 0 Å². The summed E-state index contributed by atoms with van der Waals surface area (Å²) in [5.41, 5.74) is 0.0761. The number of carbonyl (C=O) groups is 2. The summed E-state index contributed by atoms with van der Waals surface area (Å²) in [5, 5.41) is 6.16. The Labute approximate surface area is 109 Å². The minimum atomic E-state index is 0.0189. The Hall–Kier alpha value is -1.10. The van der Waals surface area contributed by atoms with Crippen LogP contribution in [-0.2, 0) is 9.59 Å². The smallest absolute Gasteiger partial charge is 0.222 e. The molecule has 2 N–H and O–H groups in total. The molecule has 1 rings (SSSR count). The van der Waals surface area contributed by atoms with Crippen molar-refractivity contribution in [1.82, 2.24) is 15.5 Å². The molecule has 0 unspecified atom stereocenters. The van der Waals surface area contributed by atoms with E-state index in [0.29, 0.717) is 25.9 Å². The predicted octanol–water partition coefficient (Wildman–Crippen LogP) is 0.503. The fraction of sp³-hybridized carbons (Fsp3) is 0.846. The second-order valence-electron chi connectivity index (χ2n) is 5.76. The summed E-state index contributed by atoms with van der Waals surface area (Å²) in [7, 11) is 0. The van der Waals surface area contributed by atoms with Gasteiger partial charge in [-0.15, -0.1) is 0 Å². The van der Waals surface area contributed by atoms with Gasteiger partial charge in [0.05, 0.1) is 0 Å². The van der Waals surface area contributed by atoms with Gasteiger partial charge < -0.3 is 15.5 Å². The van der Waals surface area contributed by atoms with E-state index in [4.69, 9.17) is 0 Å². The SMILES string of the molecule is CC(C)(C)NCCNC(=O)CCN1CCCC1=O. The lowest BCUT2D eigenvalue weighted by Gasteiger charge is -2.20. The van der Waals surface area contributed by atoms with Crippen molar-refractivity contribution >= 4 is 11.8 Å². The van der Waals surface area contributed by atoms with Gasteiger partial charge in [-0.25, -0.2) is 0 Å². The first-order valence-corrected chi connectivity index (χ1v) is 6.68. The number of hydrogen-bond acceptors (Lipinski definition) is 3. The average Bonchev–Trinajstić information content (AvgIpc) is 2.66. The molecule has 0 radical (unpaired) electrons. The molecule has 0 saturated carbocycles. The molecule has 5 nitrogen and oxygen atoms in total. The molecule has 0 spiro atoms. The summed E-state index contributed by atoms with van der Waals surface area (Å²) in [5.74, 6) is 0.197. The number of rotatable bonds is 6. The number of nitrogens with zero attached hydrogens (tertiary/aromatic N) is 1. The molecule has 0 bridgehead atoms. The van der Waals surface area contributed by atoms with Gasteiger partial charge >= 0.3 is 0 Å². The van der Waals surface area contributed by atoms with Crippen LogP contribution in [-0.4, -0.2) is 48.4 Å². The molecule has 1 aliphatic heterocycles. The first-order chi connectivity index (χ1) is 8.38. The summed E-state index contributed by atoms with van der Waals surface area (Å²) in [4.78, 5) is 24.7. The van der Waals surface area contributed by atoms with Crippen LogP contribution in [0.25, 0.3) is 0 Å². The maximum absolute atomic E-state index is 11.6. The molecule has 0 aliphatic carbocycles. The van der Waals surface area contributed by atoms with E-state index in [1.54, 1.807) is 4.90 Å². The van der Waals surface area contributed by atoms with Crippen LogP contribution in [0.15, 0.2) is 0 Å². The van der Waals surface area contributed by atoms with E-state index in [-0.39, 0.29) is 17.4 Å². The third-order valence-electron chi connectivity index (χ3n) is 2.88. The molecule has 18 heavy (non-hydrogen) atoms. The molecular weight excluding hydrogens is 230 g/mol. The van der Waals surface area contributed by atoms with Gasteiger partial charge in [-0.2, -0.15) is 0 Å². The van der Waals surface area contributed by atoms with Crippen molar-refractivity contribution in [2.75, 3.05) is 26.2 Å². The van der Waals surface area contributed by atoms with Crippen LogP contribution in [0.5, 0.6) is 0 Å². The summed E-state index contributed by atoms with van der Waals surface area (Å²) in [6, 6.07) is 0. The third kappa shape index (κ3) is 6.00. The van der Waals surface area contributed by atoms with E-state index >= 15 is 0 Å². The van der Waals surface area contributed by atoms with Gasteiger partial charge in [-0.05, 0) is 27.2 Å². The maximum atomic E-state index is 11.6. The predicted molar refractivity (Wildman–Crippen MR) is 71.2 cm³/mol. The molecule has 104 valence electrons. The Bertz CT molecular complexity index is 297. The number of hydrogen-bond donors (Lipinski definition) is 2. The van der Waals surface area contributed by atoms with Gasteiger partial charge in [0.25, 0.3) is 0 Å². The Morgan fingerprint density at radius 2 is 2.06 bits per heavy atom. The zero-order valence-corrected chi connectivity index (χ0v) is 11.7. The minimum Gasteiger partial charge on any atom is -0.355 e. The zero-order valence-electron chi connectivity index (χ0n) is 11.7. The molecular formula is C13H25N3O2. The van der Waals surface area contributed by atoms with E-state index in [2.05, 4.69) is 31.4 Å². The zero-order chi connectivity index (χ0) is 13.6. The van der Waals surface area contributed by atoms with Crippen molar-refractivity contribution in [2.45, 2.75) is 45.6 Å². The first-order valence-electron chi connectivity index (χ1n) is 6.68. The number of likely N-dealkylation sites (tertiary alicyclic amines) is 1. The van der Waals surface area contributed by atoms with Crippen LogP contribution < -0.4 is 10.6 Å². The fourth-order valence-electron chi connectivity index (χ4n) is 1.90. The van der Waals surface area contributed by atoms with E-state index in [1.165, 1.54) is 0 Å². The lowest BCUT2D eigenvalue weighted by Crippen LogP contribution is -2.41. The van der Waals surface area contributed by atoms with Gasteiger partial charge in [0.1, 0.15) is 0 Å². The topological polar surface area (TPSA) is 61.4 Å². The van der Waals surface area contributed by atoms with Crippen LogP contribution in [0.4, 0.5) is 0 Å². The van der Waals surface area contributed by atoms with Gasteiger partial charge in [-0.3, -0.25) is 9.59 Å². The molecule has 1 aliphatic rings. The number of amides is 2. The van der Waals surface area contributed by atoms with Crippen molar-refractivity contribution in [3.05, 3.63) is 0 Å². The highest BCUT2D eigenvalue weighted by Crippen LogP contribution is 2.09. The van der Waals surface area contributed by atoms with Crippen LogP contribution >= 0.6 is 0 Å². The Kier molecular flexibility index (Phi) is 5.59. The molecule has 0 aromatic carbocycles. The standard InChI is InChI=1S/C13H25N3O2/c1-13(2,3)15-8-7-14-11(17)6-10-16-9-4-5-12(16)18/h15H,4-10H2,1-3H3,(H,14,17).